The van der Waals surface area contributed by atoms with Crippen LogP contribution >= 0.6 is 0 Å². The third-order valence-electron chi connectivity index (χ3n) is 0.902. The van der Waals surface area contributed by atoms with Crippen LogP contribution in [-0.4, -0.2) is 11.7 Å². The van der Waals surface area contributed by atoms with E-state index in [1.807, 2.05) is 0 Å². The highest BCUT2D eigenvalue weighted by Crippen LogP contribution is 1.94. The van der Waals surface area contributed by atoms with Gasteiger partial charge < -0.3 is 0 Å². The summed E-state index contributed by atoms with van der Waals surface area (Å²) in [6.07, 6.45) is 0.485. The first kappa shape index (κ1) is 7.12. The van der Waals surface area contributed by atoms with Gasteiger partial charge in [0.1, 0.15) is 5.94 Å². The first-order valence-electron chi connectivity index (χ1n) is 2.47. The zero-order valence-electron chi connectivity index (χ0n) is 5.02. The molecule has 2 nitrogen and oxygen atoms in total. The summed E-state index contributed by atoms with van der Waals surface area (Å²) in [5, 5.41) is 0. The molecule has 8 heavy (non-hydrogen) atoms. The lowest BCUT2D eigenvalue weighted by Crippen LogP contribution is -1.94. The van der Waals surface area contributed by atoms with Crippen molar-refractivity contribution in [3.8, 4) is 0 Å². The Hall–Kier alpha value is -0.880. The first-order chi connectivity index (χ1) is 3.72. The van der Waals surface area contributed by atoms with E-state index in [9.17, 15) is 9.59 Å². The Morgan fingerprint density at radius 3 is 2.12 bits per heavy atom. The van der Waals surface area contributed by atoms with Crippen LogP contribution in [0.1, 0.15) is 20.3 Å². The van der Waals surface area contributed by atoms with E-state index in [1.54, 1.807) is 12.9 Å². The molecule has 0 spiro atoms. The van der Waals surface area contributed by atoms with Gasteiger partial charge in [0.2, 0.25) is 0 Å². The minimum atomic E-state index is -0.178. The Labute approximate surface area is 48.2 Å². The van der Waals surface area contributed by atoms with Crippen LogP contribution in [0.2, 0.25) is 0 Å². The number of Topliss-reactive ketones (excluding diaryl/α,β-unsaturated/α-hetero) is 1. The van der Waals surface area contributed by atoms with Crippen molar-refractivity contribution in [2.75, 3.05) is 0 Å². The number of rotatable bonds is 2. The zero-order valence-corrected chi connectivity index (χ0v) is 5.02. The van der Waals surface area contributed by atoms with E-state index in [0.29, 0.717) is 6.42 Å². The molecule has 0 aromatic heterocycles. The summed E-state index contributed by atoms with van der Waals surface area (Å²) in [5.74, 6) is 1.39. The summed E-state index contributed by atoms with van der Waals surface area (Å²) in [5.41, 5.74) is 0.241. The smallest absolute Gasteiger partial charge is 0.166 e. The molecule has 0 aliphatic heterocycles. The zero-order chi connectivity index (χ0) is 6.57. The number of carbonyl (C=O) groups excluding carboxylic acids is 2. The fourth-order valence-corrected chi connectivity index (χ4v) is 0.393. The number of ketones is 1. The van der Waals surface area contributed by atoms with Crippen LogP contribution in [0.5, 0.6) is 0 Å². The minimum Gasteiger partial charge on any atom is -0.294 e. The molecule has 0 saturated carbocycles. The van der Waals surface area contributed by atoms with Crippen LogP contribution < -0.4 is 0 Å². The molecular weight excluding hydrogens is 104 g/mol. The molecule has 0 N–H and O–H groups in total. The Kier molecular flexibility index (Phi) is 2.82. The van der Waals surface area contributed by atoms with Gasteiger partial charge in [-0.1, -0.05) is 6.92 Å². The Bertz CT molecular complexity index is 141. The van der Waals surface area contributed by atoms with Gasteiger partial charge in [-0.3, -0.25) is 4.79 Å². The summed E-state index contributed by atoms with van der Waals surface area (Å²) in [7, 11) is 0. The Morgan fingerprint density at radius 2 is 2.12 bits per heavy atom. The Balaban J connectivity index is 4.14. The molecule has 0 fully saturated rings. The highest BCUT2D eigenvalue weighted by atomic mass is 16.1. The maximum Gasteiger partial charge on any atom is 0.166 e. The molecule has 0 atom stereocenters. The summed E-state index contributed by atoms with van der Waals surface area (Å²) in [4.78, 5) is 20.1. The second-order valence-electron chi connectivity index (χ2n) is 1.49. The molecule has 0 heterocycles. The standard InChI is InChI=1S/C6H8O2/c1-3-6(4-7)5(2)8/h3H2,1-2H3. The molecule has 0 unspecified atom stereocenters. The molecular formula is C6H8O2. The molecule has 0 radical (unpaired) electrons. The van der Waals surface area contributed by atoms with Crippen LogP contribution in [0.3, 0.4) is 0 Å². The van der Waals surface area contributed by atoms with Crippen LogP contribution in [0.4, 0.5) is 0 Å². The van der Waals surface area contributed by atoms with Crippen LogP contribution in [0, 0.1) is 0 Å². The molecule has 2 heteroatoms. The van der Waals surface area contributed by atoms with Crippen molar-refractivity contribution in [3.05, 3.63) is 5.57 Å². The highest BCUT2D eigenvalue weighted by molar-refractivity contribution is 6.00. The lowest BCUT2D eigenvalue weighted by Gasteiger charge is -1.86. The summed E-state index contributed by atoms with van der Waals surface area (Å²) in [6.45, 7) is 3.12. The largest absolute Gasteiger partial charge is 0.294 e. The van der Waals surface area contributed by atoms with Crippen molar-refractivity contribution >= 4 is 11.7 Å². The van der Waals surface area contributed by atoms with Gasteiger partial charge in [-0.15, -0.1) is 0 Å². The van der Waals surface area contributed by atoms with Gasteiger partial charge in [-0.25, -0.2) is 4.79 Å². The van der Waals surface area contributed by atoms with Crippen molar-refractivity contribution in [2.45, 2.75) is 20.3 Å². The van der Waals surface area contributed by atoms with Crippen molar-refractivity contribution in [1.82, 2.24) is 0 Å². The molecule has 0 bridgehead atoms. The van der Waals surface area contributed by atoms with E-state index in [0.717, 1.165) is 0 Å². The summed E-state index contributed by atoms with van der Waals surface area (Å²) in [6, 6.07) is 0. The maximum absolute atomic E-state index is 10.3. The lowest BCUT2D eigenvalue weighted by molar-refractivity contribution is -0.113. The van der Waals surface area contributed by atoms with Crippen LogP contribution in [0.15, 0.2) is 5.57 Å². The molecule has 0 aromatic carbocycles. The van der Waals surface area contributed by atoms with E-state index < -0.39 is 0 Å². The van der Waals surface area contributed by atoms with Gasteiger partial charge in [0.25, 0.3) is 0 Å². The van der Waals surface area contributed by atoms with Gasteiger partial charge >= 0.3 is 0 Å². The quantitative estimate of drug-likeness (QED) is 0.390. The van der Waals surface area contributed by atoms with Gasteiger partial charge in [0, 0.05) is 0 Å². The lowest BCUT2D eigenvalue weighted by atomic mass is 10.2. The normalized spacial score (nSPS) is 7.75. The third-order valence-corrected chi connectivity index (χ3v) is 0.902. The molecule has 44 valence electrons. The first-order valence-corrected chi connectivity index (χ1v) is 2.47. The molecule has 0 aromatic rings. The number of carbonyl (C=O) groups is 1. The van der Waals surface area contributed by atoms with Crippen molar-refractivity contribution in [1.29, 1.82) is 0 Å². The average Bonchev–Trinajstić information content (AvgIpc) is 1.69. The number of allylic oxidation sites excluding steroid dienone is 1. The topological polar surface area (TPSA) is 34.1 Å². The molecule has 0 rings (SSSR count). The van der Waals surface area contributed by atoms with Gasteiger partial charge in [-0.2, -0.15) is 0 Å². The highest BCUT2D eigenvalue weighted by Gasteiger charge is 1.98. The van der Waals surface area contributed by atoms with E-state index in [2.05, 4.69) is 0 Å². The molecule has 0 aliphatic carbocycles. The van der Waals surface area contributed by atoms with Crippen molar-refractivity contribution < 1.29 is 9.59 Å². The molecule has 0 saturated heterocycles. The minimum absolute atomic E-state index is 0.178. The number of hydrogen-bond acceptors (Lipinski definition) is 2. The van der Waals surface area contributed by atoms with Gasteiger partial charge in [0.05, 0.1) is 5.57 Å². The SMILES string of the molecule is CCC(=C=O)C(C)=O. The molecule has 0 amide bonds. The summed E-state index contributed by atoms with van der Waals surface area (Å²) < 4.78 is 0. The predicted molar refractivity (Wildman–Crippen MR) is 30.2 cm³/mol. The van der Waals surface area contributed by atoms with Gasteiger partial charge in [-0.05, 0) is 13.3 Å². The average molecular weight is 112 g/mol. The third kappa shape index (κ3) is 1.71. The second kappa shape index (κ2) is 3.16. The maximum atomic E-state index is 10.3. The van der Waals surface area contributed by atoms with Gasteiger partial charge in [0.15, 0.2) is 5.78 Å². The van der Waals surface area contributed by atoms with Crippen molar-refractivity contribution in [2.24, 2.45) is 0 Å². The van der Waals surface area contributed by atoms with E-state index in [4.69, 9.17) is 0 Å². The Morgan fingerprint density at radius 1 is 1.62 bits per heavy atom. The fourth-order valence-electron chi connectivity index (χ4n) is 0.393. The fraction of sp³-hybridized carbons (Fsp3) is 0.500. The van der Waals surface area contributed by atoms with E-state index >= 15 is 0 Å². The van der Waals surface area contributed by atoms with Crippen LogP contribution in [-0.2, 0) is 9.59 Å². The monoisotopic (exact) mass is 112 g/mol. The number of hydrogen-bond donors (Lipinski definition) is 0. The predicted octanol–water partition coefficient (Wildman–Crippen LogP) is 0.743. The van der Waals surface area contributed by atoms with E-state index in [1.165, 1.54) is 6.92 Å². The molecule has 0 aliphatic rings. The second-order valence-corrected chi connectivity index (χ2v) is 1.49. The van der Waals surface area contributed by atoms with Crippen molar-refractivity contribution in [3.63, 3.8) is 0 Å². The van der Waals surface area contributed by atoms with Crippen LogP contribution in [0.25, 0.3) is 0 Å². The summed E-state index contributed by atoms with van der Waals surface area (Å²) >= 11 is 0. The van der Waals surface area contributed by atoms with E-state index in [-0.39, 0.29) is 11.4 Å².